The van der Waals surface area contributed by atoms with Crippen molar-refractivity contribution >= 4 is 35.4 Å². The molecule has 3 saturated heterocycles. The van der Waals surface area contributed by atoms with Gasteiger partial charge >= 0.3 is 6.18 Å². The molecule has 2 atom stereocenters. The van der Waals surface area contributed by atoms with Gasteiger partial charge in [0.25, 0.3) is 11.9 Å². The third kappa shape index (κ3) is 4.95. The van der Waals surface area contributed by atoms with Crippen LogP contribution in [0.5, 0.6) is 0 Å². The third-order valence-corrected chi connectivity index (χ3v) is 5.54. The van der Waals surface area contributed by atoms with Crippen LogP contribution in [-0.2, 0) is 0 Å². The number of amides is 1. The molecule has 3 aliphatic rings. The number of fused-ring (bicyclic) bond motifs is 4. The lowest BCUT2D eigenvalue weighted by Crippen LogP contribution is -2.57. The maximum absolute atomic E-state index is 12.8. The van der Waals surface area contributed by atoms with Crippen molar-refractivity contribution < 1.29 is 22.4 Å². The first-order valence-corrected chi connectivity index (χ1v) is 9.54. The van der Waals surface area contributed by atoms with E-state index in [1.807, 2.05) is 0 Å². The highest BCUT2D eigenvalue weighted by Gasteiger charge is 2.35. The molecule has 0 saturated carbocycles. The van der Waals surface area contributed by atoms with Crippen LogP contribution in [0.3, 0.4) is 0 Å². The Kier molecular flexibility index (Phi) is 6.28. The van der Waals surface area contributed by atoms with Crippen LogP contribution in [0.15, 0.2) is 22.6 Å². The molecule has 4 heterocycles. The maximum Gasteiger partial charge on any atom is 0.391 e. The molecule has 6 nitrogen and oxygen atoms in total. The first kappa shape index (κ1) is 21.7. The number of oxazole rings is 1. The zero-order chi connectivity index (χ0) is 19.9. The predicted octanol–water partition coefficient (Wildman–Crippen LogP) is 3.83. The molecule has 1 amide bonds. The Bertz CT molecular complexity index is 865. The quantitative estimate of drug-likeness (QED) is 0.751. The van der Waals surface area contributed by atoms with E-state index >= 15 is 0 Å². The van der Waals surface area contributed by atoms with Crippen LogP contribution in [0.25, 0.3) is 11.1 Å². The van der Waals surface area contributed by atoms with Gasteiger partial charge in [-0.15, -0.1) is 12.4 Å². The fourth-order valence-electron chi connectivity index (χ4n) is 4.18. The molecular weight excluding hydrogens is 409 g/mol. The minimum Gasteiger partial charge on any atom is -0.424 e. The van der Waals surface area contributed by atoms with E-state index in [0.29, 0.717) is 22.6 Å². The summed E-state index contributed by atoms with van der Waals surface area (Å²) in [5, 5.41) is 5.73. The largest absolute Gasteiger partial charge is 0.424 e. The number of benzene rings is 1. The van der Waals surface area contributed by atoms with Crippen LogP contribution >= 0.6 is 12.4 Å². The molecule has 5 rings (SSSR count). The van der Waals surface area contributed by atoms with Gasteiger partial charge < -0.3 is 20.0 Å². The van der Waals surface area contributed by atoms with E-state index in [1.54, 1.807) is 18.2 Å². The standard InChI is InChI=1S/C19H23F3N4O2.ClH/c1-11(9-19(20,21)22)23-18-25-16-13(3-2-4-15(16)28-18)17(27)24-14-10-26-7-5-12(14)6-8-26;/h2-4,11-12,14H,5-10H2,1H3,(H,23,25)(H,24,27);1H. The molecule has 3 fully saturated rings. The summed E-state index contributed by atoms with van der Waals surface area (Å²) in [7, 11) is 0. The first-order chi connectivity index (χ1) is 13.3. The van der Waals surface area contributed by atoms with Crippen LogP contribution in [0.1, 0.15) is 36.5 Å². The summed E-state index contributed by atoms with van der Waals surface area (Å²) in [6.07, 6.45) is -3.11. The number of para-hydroxylation sites is 1. The fourth-order valence-corrected chi connectivity index (χ4v) is 4.18. The van der Waals surface area contributed by atoms with E-state index in [0.717, 1.165) is 32.5 Å². The Morgan fingerprint density at radius 1 is 1.34 bits per heavy atom. The van der Waals surface area contributed by atoms with Crippen molar-refractivity contribution in [2.75, 3.05) is 25.0 Å². The van der Waals surface area contributed by atoms with Gasteiger partial charge in [0.1, 0.15) is 5.52 Å². The Balaban J connectivity index is 0.00000240. The highest BCUT2D eigenvalue weighted by Crippen LogP contribution is 2.29. The number of aromatic nitrogens is 1. The van der Waals surface area contributed by atoms with E-state index in [-0.39, 0.29) is 30.4 Å². The van der Waals surface area contributed by atoms with Crippen molar-refractivity contribution in [3.63, 3.8) is 0 Å². The lowest BCUT2D eigenvalue weighted by molar-refractivity contribution is -0.136. The second kappa shape index (κ2) is 8.39. The lowest BCUT2D eigenvalue weighted by Gasteiger charge is -2.44. The molecule has 29 heavy (non-hydrogen) atoms. The molecule has 160 valence electrons. The van der Waals surface area contributed by atoms with Crippen LogP contribution in [0, 0.1) is 5.92 Å². The van der Waals surface area contributed by atoms with Crippen molar-refractivity contribution in [3.05, 3.63) is 23.8 Å². The molecule has 2 bridgehead atoms. The Morgan fingerprint density at radius 2 is 2.07 bits per heavy atom. The Labute approximate surface area is 172 Å². The molecular formula is C19H24ClF3N4O2. The van der Waals surface area contributed by atoms with Gasteiger partial charge in [-0.05, 0) is 50.9 Å². The second-order valence-corrected chi connectivity index (χ2v) is 7.75. The smallest absolute Gasteiger partial charge is 0.391 e. The van der Waals surface area contributed by atoms with Gasteiger partial charge in [0.15, 0.2) is 5.58 Å². The molecule has 1 aromatic heterocycles. The molecule has 1 aromatic carbocycles. The molecule has 2 aromatic rings. The van der Waals surface area contributed by atoms with Gasteiger partial charge in [-0.3, -0.25) is 4.79 Å². The summed E-state index contributed by atoms with van der Waals surface area (Å²) < 4.78 is 43.1. The zero-order valence-electron chi connectivity index (χ0n) is 16.0. The summed E-state index contributed by atoms with van der Waals surface area (Å²) in [4.78, 5) is 19.4. The summed E-state index contributed by atoms with van der Waals surface area (Å²) in [6.45, 7) is 4.43. The first-order valence-electron chi connectivity index (χ1n) is 9.54. The maximum atomic E-state index is 12.8. The SMILES string of the molecule is CC(CC(F)(F)F)Nc1nc2c(C(=O)NC3CN4CCC3CC4)cccc2o1.Cl. The van der Waals surface area contributed by atoms with E-state index in [1.165, 1.54) is 6.92 Å². The van der Waals surface area contributed by atoms with Crippen LogP contribution in [0.2, 0.25) is 0 Å². The lowest BCUT2D eigenvalue weighted by atomic mass is 9.84. The van der Waals surface area contributed by atoms with Crippen LogP contribution < -0.4 is 10.6 Å². The van der Waals surface area contributed by atoms with E-state index in [9.17, 15) is 18.0 Å². The number of hydrogen-bond acceptors (Lipinski definition) is 5. The fraction of sp³-hybridized carbons (Fsp3) is 0.579. The van der Waals surface area contributed by atoms with Crippen LogP contribution in [0.4, 0.5) is 19.2 Å². The van der Waals surface area contributed by atoms with Gasteiger partial charge in [-0.2, -0.15) is 18.2 Å². The van der Waals surface area contributed by atoms with Crippen molar-refractivity contribution in [2.45, 2.75) is 44.4 Å². The highest BCUT2D eigenvalue weighted by molar-refractivity contribution is 6.04. The number of anilines is 1. The zero-order valence-corrected chi connectivity index (χ0v) is 16.8. The number of carbonyl (C=O) groups excluding carboxylic acids is 1. The number of piperidine rings is 3. The number of nitrogens with one attached hydrogen (secondary N) is 2. The van der Waals surface area contributed by atoms with Gasteiger partial charge in [0.05, 0.1) is 12.0 Å². The summed E-state index contributed by atoms with van der Waals surface area (Å²) >= 11 is 0. The van der Waals surface area contributed by atoms with E-state index in [4.69, 9.17) is 4.42 Å². The highest BCUT2D eigenvalue weighted by atomic mass is 35.5. The average molecular weight is 433 g/mol. The molecule has 0 radical (unpaired) electrons. The molecule has 2 N–H and O–H groups in total. The van der Waals surface area contributed by atoms with Crippen molar-refractivity contribution in [1.29, 1.82) is 0 Å². The molecule has 3 aliphatic heterocycles. The van der Waals surface area contributed by atoms with Crippen LogP contribution in [-0.4, -0.2) is 53.7 Å². The Hall–Kier alpha value is -2.00. The number of rotatable bonds is 5. The van der Waals surface area contributed by atoms with Crippen molar-refractivity contribution in [2.24, 2.45) is 5.92 Å². The Morgan fingerprint density at radius 3 is 2.69 bits per heavy atom. The van der Waals surface area contributed by atoms with Gasteiger partial charge in [-0.25, -0.2) is 0 Å². The number of nitrogens with zero attached hydrogens (tertiary/aromatic N) is 2. The van der Waals surface area contributed by atoms with Gasteiger partial charge in [-0.1, -0.05) is 6.07 Å². The predicted molar refractivity (Wildman–Crippen MR) is 105 cm³/mol. The third-order valence-electron chi connectivity index (χ3n) is 5.54. The summed E-state index contributed by atoms with van der Waals surface area (Å²) in [6, 6.07) is 4.19. The molecule has 0 spiro atoms. The summed E-state index contributed by atoms with van der Waals surface area (Å²) in [5.74, 6) is 0.262. The van der Waals surface area contributed by atoms with Gasteiger partial charge in [0, 0.05) is 18.6 Å². The van der Waals surface area contributed by atoms with E-state index < -0.39 is 18.6 Å². The molecule has 2 unspecified atom stereocenters. The summed E-state index contributed by atoms with van der Waals surface area (Å²) in [5.41, 5.74) is 1.08. The van der Waals surface area contributed by atoms with Crippen molar-refractivity contribution in [3.8, 4) is 0 Å². The molecule has 0 aliphatic carbocycles. The monoisotopic (exact) mass is 432 g/mol. The minimum absolute atomic E-state index is 0. The number of halogens is 4. The number of alkyl halides is 3. The average Bonchev–Trinajstić information content (AvgIpc) is 3.03. The van der Waals surface area contributed by atoms with E-state index in [2.05, 4.69) is 20.5 Å². The minimum atomic E-state index is -4.28. The van der Waals surface area contributed by atoms with Crippen molar-refractivity contribution in [1.82, 2.24) is 15.2 Å². The normalized spacial score (nSPS) is 24.8. The topological polar surface area (TPSA) is 70.4 Å². The second-order valence-electron chi connectivity index (χ2n) is 7.75. The number of carbonyl (C=O) groups is 1. The van der Waals surface area contributed by atoms with Gasteiger partial charge in [0.2, 0.25) is 0 Å². The number of hydrogen-bond donors (Lipinski definition) is 2. The molecule has 10 heteroatoms.